The molecule has 0 unspecified atom stereocenters. The first kappa shape index (κ1) is 13.5. The Hall–Kier alpha value is -0.530. The van der Waals surface area contributed by atoms with Crippen LogP contribution in [0.15, 0.2) is 0 Å². The zero-order chi connectivity index (χ0) is 11.1. The smallest absolute Gasteiger partial charge is 0.0957 e. The molecule has 0 saturated carbocycles. The third kappa shape index (κ3) is 4.12. The Balaban J connectivity index is 4.43. The normalized spacial score (nSPS) is 11.1. The predicted molar refractivity (Wildman–Crippen MR) is 63.9 cm³/mol. The van der Waals surface area contributed by atoms with Crippen LogP contribution in [-0.4, -0.2) is 23.3 Å². The van der Waals surface area contributed by atoms with Crippen molar-refractivity contribution in [1.29, 1.82) is 5.41 Å². The van der Waals surface area contributed by atoms with E-state index in [1.165, 1.54) is 0 Å². The van der Waals surface area contributed by atoms with Gasteiger partial charge in [0.1, 0.15) is 0 Å². The summed E-state index contributed by atoms with van der Waals surface area (Å²) in [6.07, 6.45) is 3.14. The van der Waals surface area contributed by atoms with E-state index >= 15 is 0 Å². The average Bonchev–Trinajstić information content (AvgIpc) is 2.16. The number of hydrogen-bond donors (Lipinski definition) is 1. The van der Waals surface area contributed by atoms with Crippen molar-refractivity contribution in [2.75, 3.05) is 6.54 Å². The molecule has 0 fully saturated rings. The largest absolute Gasteiger partial charge is 0.357 e. The minimum atomic E-state index is 0.560. The van der Waals surface area contributed by atoms with Gasteiger partial charge in [0.15, 0.2) is 0 Å². The molecule has 0 heterocycles. The first-order chi connectivity index (χ1) is 6.56. The highest BCUT2D eigenvalue weighted by Crippen LogP contribution is 2.12. The number of amidine groups is 1. The van der Waals surface area contributed by atoms with E-state index in [1.807, 2.05) is 0 Å². The molecule has 2 nitrogen and oxygen atoms in total. The van der Waals surface area contributed by atoms with E-state index in [2.05, 4.69) is 39.5 Å². The predicted octanol–water partition coefficient (Wildman–Crippen LogP) is 3.52. The van der Waals surface area contributed by atoms with Crippen LogP contribution in [0.5, 0.6) is 0 Å². The van der Waals surface area contributed by atoms with Gasteiger partial charge in [0.05, 0.1) is 5.84 Å². The lowest BCUT2D eigenvalue weighted by molar-refractivity contribution is 0.261. The highest BCUT2D eigenvalue weighted by molar-refractivity contribution is 5.79. The molecule has 0 aliphatic heterocycles. The van der Waals surface area contributed by atoms with Crippen molar-refractivity contribution in [3.05, 3.63) is 0 Å². The van der Waals surface area contributed by atoms with Crippen LogP contribution >= 0.6 is 0 Å². The van der Waals surface area contributed by atoms with E-state index in [1.54, 1.807) is 0 Å². The van der Waals surface area contributed by atoms with Gasteiger partial charge in [-0.1, -0.05) is 34.6 Å². The lowest BCUT2D eigenvalue weighted by atomic mass is 10.1. The van der Waals surface area contributed by atoms with Crippen molar-refractivity contribution >= 4 is 5.84 Å². The first-order valence-corrected chi connectivity index (χ1v) is 5.90. The Kier molecular flexibility index (Phi) is 6.60. The maximum atomic E-state index is 7.95. The number of nitrogens with zero attached hydrogens (tertiary/aromatic N) is 1. The molecule has 2 heteroatoms. The van der Waals surface area contributed by atoms with Crippen LogP contribution in [0.25, 0.3) is 0 Å². The molecule has 0 spiro atoms. The molecule has 0 aromatic heterocycles. The molecule has 0 aliphatic rings. The molecule has 84 valence electrons. The zero-order valence-corrected chi connectivity index (χ0v) is 10.4. The molecule has 0 amide bonds. The molecule has 0 aromatic rings. The van der Waals surface area contributed by atoms with Crippen molar-refractivity contribution in [1.82, 2.24) is 4.90 Å². The van der Waals surface area contributed by atoms with E-state index in [4.69, 9.17) is 5.41 Å². The summed E-state index contributed by atoms with van der Waals surface area (Å²) in [5, 5.41) is 7.95. The third-order valence-corrected chi connectivity index (χ3v) is 2.63. The fraction of sp³-hybridized carbons (Fsp3) is 0.917. The molecule has 0 rings (SSSR count). The summed E-state index contributed by atoms with van der Waals surface area (Å²) < 4.78 is 0. The topological polar surface area (TPSA) is 27.1 Å². The number of rotatable bonds is 6. The fourth-order valence-corrected chi connectivity index (χ4v) is 1.81. The molecule has 0 atom stereocenters. The summed E-state index contributed by atoms with van der Waals surface area (Å²) in [7, 11) is 0. The highest BCUT2D eigenvalue weighted by atomic mass is 15.2. The summed E-state index contributed by atoms with van der Waals surface area (Å²) in [5.74, 6) is 1.44. The van der Waals surface area contributed by atoms with Gasteiger partial charge >= 0.3 is 0 Å². The Morgan fingerprint density at radius 1 is 1.14 bits per heavy atom. The van der Waals surface area contributed by atoms with Gasteiger partial charge in [0, 0.05) is 19.0 Å². The summed E-state index contributed by atoms with van der Waals surface area (Å²) in [6, 6.07) is 0.560. The number of nitrogens with one attached hydrogen (secondary N) is 1. The van der Waals surface area contributed by atoms with Gasteiger partial charge in [-0.2, -0.15) is 0 Å². The zero-order valence-electron chi connectivity index (χ0n) is 10.4. The second kappa shape index (κ2) is 6.86. The Morgan fingerprint density at radius 3 is 1.93 bits per heavy atom. The van der Waals surface area contributed by atoms with E-state index in [0.717, 1.165) is 31.6 Å². The molecule has 14 heavy (non-hydrogen) atoms. The average molecular weight is 198 g/mol. The van der Waals surface area contributed by atoms with Crippen LogP contribution < -0.4 is 0 Å². The standard InChI is InChI=1S/C12H26N2/c1-6-11(7-2)14(9-10(4)5)12(13)8-3/h10-11,13H,6-9H2,1-5H3. The van der Waals surface area contributed by atoms with Crippen molar-refractivity contribution < 1.29 is 0 Å². The quantitative estimate of drug-likeness (QED) is 0.513. The second-order valence-corrected chi connectivity index (χ2v) is 4.32. The van der Waals surface area contributed by atoms with Gasteiger partial charge in [-0.15, -0.1) is 0 Å². The lowest BCUT2D eigenvalue weighted by Crippen LogP contribution is -2.41. The molecule has 0 saturated heterocycles. The SMILES string of the molecule is CCC(=N)N(CC(C)C)C(CC)CC. The van der Waals surface area contributed by atoms with Crippen LogP contribution in [0.1, 0.15) is 53.9 Å². The Morgan fingerprint density at radius 2 is 1.64 bits per heavy atom. The summed E-state index contributed by atoms with van der Waals surface area (Å²) in [6.45, 7) is 12.0. The van der Waals surface area contributed by atoms with Crippen LogP contribution in [0.3, 0.4) is 0 Å². The third-order valence-electron chi connectivity index (χ3n) is 2.63. The Labute approximate surface area is 89.2 Å². The fourth-order valence-electron chi connectivity index (χ4n) is 1.81. The molecule has 0 bridgehead atoms. The number of hydrogen-bond acceptors (Lipinski definition) is 1. The Bertz CT molecular complexity index is 160. The van der Waals surface area contributed by atoms with E-state index in [0.29, 0.717) is 12.0 Å². The molecule has 0 aliphatic carbocycles. The van der Waals surface area contributed by atoms with Gasteiger partial charge in [-0.3, -0.25) is 5.41 Å². The minimum Gasteiger partial charge on any atom is -0.357 e. The van der Waals surface area contributed by atoms with Crippen LogP contribution in [-0.2, 0) is 0 Å². The maximum Gasteiger partial charge on any atom is 0.0957 e. The van der Waals surface area contributed by atoms with Crippen molar-refractivity contribution in [3.8, 4) is 0 Å². The van der Waals surface area contributed by atoms with Crippen molar-refractivity contribution in [2.45, 2.75) is 59.9 Å². The monoisotopic (exact) mass is 198 g/mol. The lowest BCUT2D eigenvalue weighted by Gasteiger charge is -2.34. The van der Waals surface area contributed by atoms with Gasteiger partial charge in [-0.25, -0.2) is 0 Å². The van der Waals surface area contributed by atoms with Gasteiger partial charge < -0.3 is 4.90 Å². The van der Waals surface area contributed by atoms with E-state index < -0.39 is 0 Å². The van der Waals surface area contributed by atoms with Crippen LogP contribution in [0, 0.1) is 11.3 Å². The summed E-state index contributed by atoms with van der Waals surface area (Å²) >= 11 is 0. The van der Waals surface area contributed by atoms with Crippen molar-refractivity contribution in [3.63, 3.8) is 0 Å². The van der Waals surface area contributed by atoms with E-state index in [9.17, 15) is 0 Å². The summed E-state index contributed by atoms with van der Waals surface area (Å²) in [5.41, 5.74) is 0. The van der Waals surface area contributed by atoms with E-state index in [-0.39, 0.29) is 0 Å². The van der Waals surface area contributed by atoms with Gasteiger partial charge in [0.25, 0.3) is 0 Å². The molecular formula is C12H26N2. The van der Waals surface area contributed by atoms with Crippen LogP contribution in [0.4, 0.5) is 0 Å². The second-order valence-electron chi connectivity index (χ2n) is 4.32. The molecular weight excluding hydrogens is 172 g/mol. The first-order valence-electron chi connectivity index (χ1n) is 5.90. The minimum absolute atomic E-state index is 0.560. The molecule has 0 radical (unpaired) electrons. The maximum absolute atomic E-state index is 7.95. The molecule has 0 aromatic carbocycles. The van der Waals surface area contributed by atoms with Crippen molar-refractivity contribution in [2.24, 2.45) is 5.92 Å². The van der Waals surface area contributed by atoms with Gasteiger partial charge in [-0.05, 0) is 18.8 Å². The van der Waals surface area contributed by atoms with Gasteiger partial charge in [0.2, 0.25) is 0 Å². The summed E-state index contributed by atoms with van der Waals surface area (Å²) in [4.78, 5) is 2.28. The molecule has 1 N–H and O–H groups in total. The highest BCUT2D eigenvalue weighted by Gasteiger charge is 2.17. The van der Waals surface area contributed by atoms with Crippen LogP contribution in [0.2, 0.25) is 0 Å².